The minimum atomic E-state index is -0.143. The number of nitrogens with zero attached hydrogens (tertiary/aromatic N) is 2. The van der Waals surface area contributed by atoms with Gasteiger partial charge in [-0.2, -0.15) is 0 Å². The van der Waals surface area contributed by atoms with Gasteiger partial charge in [0.15, 0.2) is 0 Å². The molecule has 0 aromatic heterocycles. The van der Waals surface area contributed by atoms with Gasteiger partial charge >= 0.3 is 0 Å². The maximum absolute atomic E-state index is 12.4. The Bertz CT molecular complexity index is 473. The second kappa shape index (κ2) is 6.81. The molecular weight excluding hydrogens is 280 g/mol. The lowest BCUT2D eigenvalue weighted by molar-refractivity contribution is 0.0641. The second-order valence-corrected chi connectivity index (χ2v) is 5.08. The smallest absolute Gasteiger partial charge is 0.257 e. The summed E-state index contributed by atoms with van der Waals surface area (Å²) in [4.78, 5) is 16.3. The molecule has 0 atom stereocenters. The Morgan fingerprint density at radius 3 is 2.60 bits per heavy atom. The van der Waals surface area contributed by atoms with Crippen LogP contribution in [0.3, 0.4) is 0 Å². The van der Waals surface area contributed by atoms with Crippen molar-refractivity contribution in [2.24, 2.45) is 0 Å². The number of amides is 1. The maximum Gasteiger partial charge on any atom is 0.257 e. The molecule has 6 heteroatoms. The molecule has 0 aliphatic carbocycles. The van der Waals surface area contributed by atoms with Crippen molar-refractivity contribution in [3.63, 3.8) is 0 Å². The highest BCUT2D eigenvalue weighted by atomic mass is 35.5. The highest BCUT2D eigenvalue weighted by molar-refractivity contribution is 6.18. The van der Waals surface area contributed by atoms with Gasteiger partial charge in [0.2, 0.25) is 0 Å². The van der Waals surface area contributed by atoms with E-state index in [1.54, 1.807) is 17.0 Å². The van der Waals surface area contributed by atoms with Crippen LogP contribution in [0.15, 0.2) is 18.2 Å². The number of carbonyl (C=O) groups is 1. The predicted octanol–water partition coefficient (Wildman–Crippen LogP) is 1.40. The number of halogens is 1. The number of benzene rings is 1. The summed E-state index contributed by atoms with van der Waals surface area (Å²) < 4.78 is 5.01. The SMILES string of the molecule is COc1ccc(C(=O)N2CCN(CCCl)CC2)c(O)c1. The molecule has 20 heavy (non-hydrogen) atoms. The number of carbonyl (C=O) groups excluding carboxylic acids is 1. The molecule has 5 nitrogen and oxygen atoms in total. The third-order valence-corrected chi connectivity index (χ3v) is 3.66. The Kier molecular flexibility index (Phi) is 5.09. The molecular formula is C14H19ClN2O3. The van der Waals surface area contributed by atoms with Crippen LogP contribution in [-0.2, 0) is 0 Å². The van der Waals surface area contributed by atoms with Gasteiger partial charge in [0.05, 0.1) is 12.7 Å². The van der Waals surface area contributed by atoms with Gasteiger partial charge < -0.3 is 14.7 Å². The summed E-state index contributed by atoms with van der Waals surface area (Å²) >= 11 is 5.71. The van der Waals surface area contributed by atoms with Crippen LogP contribution < -0.4 is 4.74 Å². The predicted molar refractivity (Wildman–Crippen MR) is 77.7 cm³/mol. The average Bonchev–Trinajstić information content (AvgIpc) is 2.47. The van der Waals surface area contributed by atoms with E-state index in [0.29, 0.717) is 30.3 Å². The third-order valence-electron chi connectivity index (χ3n) is 3.50. The van der Waals surface area contributed by atoms with Gasteiger partial charge in [-0.05, 0) is 12.1 Å². The molecule has 1 aromatic carbocycles. The van der Waals surface area contributed by atoms with Gasteiger partial charge in [0, 0.05) is 44.7 Å². The van der Waals surface area contributed by atoms with Crippen molar-refractivity contribution in [2.45, 2.75) is 0 Å². The van der Waals surface area contributed by atoms with Crippen molar-refractivity contribution < 1.29 is 14.6 Å². The molecule has 2 rings (SSSR count). The van der Waals surface area contributed by atoms with Crippen molar-refractivity contribution in [1.82, 2.24) is 9.80 Å². The highest BCUT2D eigenvalue weighted by Crippen LogP contribution is 2.24. The van der Waals surface area contributed by atoms with Gasteiger partial charge in [0.1, 0.15) is 11.5 Å². The first-order valence-corrected chi connectivity index (χ1v) is 7.13. The molecule has 1 saturated heterocycles. The Balaban J connectivity index is 2.02. The summed E-state index contributed by atoms with van der Waals surface area (Å²) in [7, 11) is 1.52. The molecule has 1 aromatic rings. The number of phenols is 1. The van der Waals surface area contributed by atoms with E-state index in [1.807, 2.05) is 0 Å². The number of rotatable bonds is 4. The Labute approximate surface area is 123 Å². The van der Waals surface area contributed by atoms with E-state index in [9.17, 15) is 9.90 Å². The van der Waals surface area contributed by atoms with E-state index in [1.165, 1.54) is 13.2 Å². The van der Waals surface area contributed by atoms with Crippen LogP contribution in [0.25, 0.3) is 0 Å². The fourth-order valence-electron chi connectivity index (χ4n) is 2.28. The summed E-state index contributed by atoms with van der Waals surface area (Å²) in [5.41, 5.74) is 0.316. The fourth-order valence-corrected chi connectivity index (χ4v) is 2.52. The minimum Gasteiger partial charge on any atom is -0.507 e. The lowest BCUT2D eigenvalue weighted by Gasteiger charge is -2.34. The average molecular weight is 299 g/mol. The first-order valence-electron chi connectivity index (χ1n) is 6.60. The van der Waals surface area contributed by atoms with Gasteiger partial charge in [0.25, 0.3) is 5.91 Å². The molecule has 0 radical (unpaired) electrons. The molecule has 1 aliphatic rings. The third kappa shape index (κ3) is 3.35. The van der Waals surface area contributed by atoms with Crippen LogP contribution in [0.4, 0.5) is 0 Å². The van der Waals surface area contributed by atoms with Crippen molar-refractivity contribution in [3.05, 3.63) is 23.8 Å². The number of piperazine rings is 1. The lowest BCUT2D eigenvalue weighted by atomic mass is 10.1. The second-order valence-electron chi connectivity index (χ2n) is 4.71. The standard InChI is InChI=1S/C14H19ClN2O3/c1-20-11-2-3-12(13(18)10-11)14(19)17-8-6-16(5-4-15)7-9-17/h2-3,10,18H,4-9H2,1H3. The number of hydrogen-bond acceptors (Lipinski definition) is 4. The van der Waals surface area contributed by atoms with Crippen molar-refractivity contribution >= 4 is 17.5 Å². The van der Waals surface area contributed by atoms with Gasteiger partial charge in [-0.25, -0.2) is 0 Å². The van der Waals surface area contributed by atoms with Gasteiger partial charge in [-0.3, -0.25) is 9.69 Å². The van der Waals surface area contributed by atoms with Crippen molar-refractivity contribution in [2.75, 3.05) is 45.7 Å². The van der Waals surface area contributed by atoms with Crippen LogP contribution in [-0.4, -0.2) is 66.5 Å². The first kappa shape index (κ1) is 14.9. The topological polar surface area (TPSA) is 53.0 Å². The molecule has 110 valence electrons. The molecule has 1 fully saturated rings. The summed E-state index contributed by atoms with van der Waals surface area (Å²) in [5.74, 6) is 0.951. The van der Waals surface area contributed by atoms with Crippen LogP contribution >= 0.6 is 11.6 Å². The first-order chi connectivity index (χ1) is 9.65. The number of hydrogen-bond donors (Lipinski definition) is 1. The molecule has 0 spiro atoms. The molecule has 1 aliphatic heterocycles. The number of aromatic hydroxyl groups is 1. The molecule has 0 saturated carbocycles. The lowest BCUT2D eigenvalue weighted by Crippen LogP contribution is -2.49. The van der Waals surface area contributed by atoms with E-state index in [4.69, 9.17) is 16.3 Å². The number of phenolic OH excluding ortho intramolecular Hbond substituents is 1. The number of alkyl halides is 1. The van der Waals surface area contributed by atoms with E-state index < -0.39 is 0 Å². The fraction of sp³-hybridized carbons (Fsp3) is 0.500. The quantitative estimate of drug-likeness (QED) is 0.854. The maximum atomic E-state index is 12.4. The van der Waals surface area contributed by atoms with E-state index in [2.05, 4.69) is 4.90 Å². The highest BCUT2D eigenvalue weighted by Gasteiger charge is 2.23. The monoisotopic (exact) mass is 298 g/mol. The molecule has 0 bridgehead atoms. The zero-order valence-corrected chi connectivity index (χ0v) is 12.3. The molecule has 0 unspecified atom stereocenters. The van der Waals surface area contributed by atoms with Gasteiger partial charge in [-0.15, -0.1) is 11.6 Å². The van der Waals surface area contributed by atoms with Crippen LogP contribution in [0.2, 0.25) is 0 Å². The van der Waals surface area contributed by atoms with Crippen molar-refractivity contribution in [3.8, 4) is 11.5 Å². The molecule has 1 N–H and O–H groups in total. The summed E-state index contributed by atoms with van der Waals surface area (Å²) in [6.45, 7) is 3.78. The number of methoxy groups -OCH3 is 1. The number of ether oxygens (including phenoxy) is 1. The molecule has 1 heterocycles. The summed E-state index contributed by atoms with van der Waals surface area (Å²) in [6.07, 6.45) is 0. The van der Waals surface area contributed by atoms with E-state index in [0.717, 1.165) is 19.6 Å². The zero-order valence-electron chi connectivity index (χ0n) is 11.5. The van der Waals surface area contributed by atoms with Crippen LogP contribution in [0, 0.1) is 0 Å². The summed E-state index contributed by atoms with van der Waals surface area (Å²) in [6, 6.07) is 4.73. The Morgan fingerprint density at radius 2 is 2.05 bits per heavy atom. The molecule has 1 amide bonds. The van der Waals surface area contributed by atoms with E-state index >= 15 is 0 Å². The van der Waals surface area contributed by atoms with E-state index in [-0.39, 0.29) is 11.7 Å². The van der Waals surface area contributed by atoms with Crippen molar-refractivity contribution in [1.29, 1.82) is 0 Å². The minimum absolute atomic E-state index is 0.0439. The Hall–Kier alpha value is -1.46. The summed E-state index contributed by atoms with van der Waals surface area (Å²) in [5, 5.41) is 9.90. The normalized spacial score (nSPS) is 16.2. The van der Waals surface area contributed by atoms with Crippen LogP contribution in [0.5, 0.6) is 11.5 Å². The zero-order chi connectivity index (χ0) is 14.5. The Morgan fingerprint density at radius 1 is 1.35 bits per heavy atom. The largest absolute Gasteiger partial charge is 0.507 e. The van der Waals surface area contributed by atoms with Crippen LogP contribution in [0.1, 0.15) is 10.4 Å². The van der Waals surface area contributed by atoms with Gasteiger partial charge in [-0.1, -0.05) is 0 Å².